The normalized spacial score (nSPS) is 10.4. The zero-order chi connectivity index (χ0) is 37.9. The fourth-order valence-electron chi connectivity index (χ4n) is 5.42. The van der Waals surface area contributed by atoms with Crippen LogP contribution < -0.4 is 24.6 Å². The summed E-state index contributed by atoms with van der Waals surface area (Å²) in [7, 11) is 1.59. The predicted octanol–water partition coefficient (Wildman–Crippen LogP) is 9.38. The van der Waals surface area contributed by atoms with Gasteiger partial charge in [0.1, 0.15) is 28.6 Å². The van der Waals surface area contributed by atoms with Crippen molar-refractivity contribution >= 4 is 28.9 Å². The van der Waals surface area contributed by atoms with Crippen molar-refractivity contribution in [1.82, 2.24) is 0 Å². The maximum Gasteiger partial charge on any atom is 0.344 e. The Bertz CT molecular complexity index is 2300. The van der Waals surface area contributed by atoms with Gasteiger partial charge in [0.05, 0.1) is 12.7 Å². The third-order valence-corrected chi connectivity index (χ3v) is 8.12. The Labute approximate surface area is 307 Å². The number of methoxy groups -OCH3 is 1. The van der Waals surface area contributed by atoms with Gasteiger partial charge in [-0.3, -0.25) is 9.59 Å². The number of aryl methyl sites for hydroxylation is 1. The number of carbonyl (C=O) groups is 3. The second-order valence-electron chi connectivity index (χ2n) is 11.7. The zero-order valence-corrected chi connectivity index (χ0v) is 29.8. The molecule has 0 unspecified atom stereocenters. The molecule has 0 fully saturated rings. The van der Waals surface area contributed by atoms with Crippen LogP contribution in [0.4, 0.5) is 0 Å². The van der Waals surface area contributed by atoms with E-state index in [1.165, 1.54) is 6.92 Å². The number of carbonyl (C=O) groups excluding carboxylic acids is 3. The van der Waals surface area contributed by atoms with Crippen LogP contribution in [0.15, 0.2) is 137 Å². The van der Waals surface area contributed by atoms with Gasteiger partial charge < -0.3 is 23.4 Å². The fourth-order valence-corrected chi connectivity index (χ4v) is 5.42. The molecule has 6 rings (SSSR count). The third-order valence-electron chi connectivity index (χ3n) is 8.12. The molecule has 268 valence electrons. The van der Waals surface area contributed by atoms with Gasteiger partial charge in [-0.05, 0) is 94.4 Å². The molecule has 6 aromatic rings. The lowest BCUT2D eigenvalue weighted by molar-refractivity contribution is -0.134. The van der Waals surface area contributed by atoms with E-state index in [4.69, 9.17) is 23.4 Å². The number of hydrogen-bond donors (Lipinski definition) is 0. The van der Waals surface area contributed by atoms with Gasteiger partial charge in [0.25, 0.3) is 0 Å². The van der Waals surface area contributed by atoms with Crippen molar-refractivity contribution in [3.8, 4) is 56.4 Å². The summed E-state index contributed by atoms with van der Waals surface area (Å²) in [4.78, 5) is 46.1. The van der Waals surface area contributed by atoms with Crippen molar-refractivity contribution in [2.45, 2.75) is 33.6 Å². The Morgan fingerprint density at radius 2 is 1.19 bits per heavy atom. The lowest BCUT2D eigenvalue weighted by Crippen LogP contribution is -2.06. The maximum absolute atomic E-state index is 12.3. The number of fused-ring (bicyclic) bond motifs is 1. The summed E-state index contributed by atoms with van der Waals surface area (Å²) in [6, 6.07) is 35.2. The smallest absolute Gasteiger partial charge is 0.344 e. The fraction of sp³-hybridized carbons (Fsp3) is 0.136. The van der Waals surface area contributed by atoms with Crippen LogP contribution in [0.25, 0.3) is 44.3 Å². The van der Waals surface area contributed by atoms with Crippen molar-refractivity contribution in [1.29, 1.82) is 0 Å². The van der Waals surface area contributed by atoms with E-state index in [1.54, 1.807) is 80.8 Å². The van der Waals surface area contributed by atoms with E-state index in [9.17, 15) is 19.2 Å². The van der Waals surface area contributed by atoms with Gasteiger partial charge in [-0.2, -0.15) is 0 Å². The number of benzene rings is 5. The molecular weight excluding hydrogens is 672 g/mol. The Balaban J connectivity index is 0.000000208. The predicted molar refractivity (Wildman–Crippen MR) is 204 cm³/mol. The van der Waals surface area contributed by atoms with E-state index in [1.807, 2.05) is 24.3 Å². The second kappa shape index (κ2) is 17.5. The van der Waals surface area contributed by atoms with Crippen LogP contribution in [0.2, 0.25) is 0 Å². The molecule has 0 spiro atoms. The number of esters is 3. The van der Waals surface area contributed by atoms with Gasteiger partial charge in [-0.15, -0.1) is 0 Å². The number of ether oxygens (including phenoxy) is 4. The van der Waals surface area contributed by atoms with Gasteiger partial charge >= 0.3 is 23.5 Å². The molecule has 0 N–H and O–H groups in total. The van der Waals surface area contributed by atoms with E-state index < -0.39 is 11.6 Å². The average Bonchev–Trinajstić information content (AvgIpc) is 3.18. The van der Waals surface area contributed by atoms with E-state index >= 15 is 0 Å². The maximum atomic E-state index is 12.3. The zero-order valence-electron chi connectivity index (χ0n) is 29.8. The van der Waals surface area contributed by atoms with Gasteiger partial charge in [-0.25, -0.2) is 9.59 Å². The first kappa shape index (κ1) is 37.5. The quantitative estimate of drug-likeness (QED) is 0.0593. The monoisotopic (exact) mass is 710 g/mol. The second-order valence-corrected chi connectivity index (χ2v) is 11.7. The van der Waals surface area contributed by atoms with E-state index in [-0.39, 0.29) is 18.4 Å². The highest BCUT2D eigenvalue weighted by Gasteiger charge is 2.11. The summed E-state index contributed by atoms with van der Waals surface area (Å²) in [6.45, 7) is 8.58. The molecule has 0 saturated heterocycles. The highest BCUT2D eigenvalue weighted by molar-refractivity contribution is 5.85. The van der Waals surface area contributed by atoms with E-state index in [0.29, 0.717) is 34.1 Å². The molecule has 5 aromatic carbocycles. The van der Waals surface area contributed by atoms with Crippen molar-refractivity contribution < 1.29 is 37.7 Å². The van der Waals surface area contributed by atoms with Gasteiger partial charge in [0.2, 0.25) is 0 Å². The molecule has 0 bridgehead atoms. The van der Waals surface area contributed by atoms with E-state index in [2.05, 4.69) is 37.8 Å². The van der Waals surface area contributed by atoms with Crippen molar-refractivity contribution in [2.24, 2.45) is 0 Å². The standard InChI is InChI=1S/C25H22O4.C19H16O5/c1-4-18-16-23(29-25(27)5-2)14-15-24(18)21-8-6-19(7-9-21)20-10-12-22(13-11-20)28-17(3)26;1-3-18(20)23-15-9-6-13-10-16(19(21)24-17(13)11-15)12-4-7-14(22-2)8-5-12/h5-16H,2,4H2,1,3H3;4-11H,3H2,1-2H3. The van der Waals surface area contributed by atoms with Crippen molar-refractivity contribution in [2.75, 3.05) is 7.11 Å². The molecule has 53 heavy (non-hydrogen) atoms. The van der Waals surface area contributed by atoms with Crippen molar-refractivity contribution in [3.05, 3.63) is 144 Å². The molecule has 0 saturated carbocycles. The molecular formula is C44H38O9. The lowest BCUT2D eigenvalue weighted by Gasteiger charge is -2.11. The highest BCUT2D eigenvalue weighted by atomic mass is 16.5. The van der Waals surface area contributed by atoms with Crippen LogP contribution >= 0.6 is 0 Å². The minimum atomic E-state index is -0.469. The van der Waals surface area contributed by atoms with Gasteiger partial charge in [0, 0.05) is 30.9 Å². The number of rotatable bonds is 10. The van der Waals surface area contributed by atoms with Crippen LogP contribution in [0, 0.1) is 0 Å². The summed E-state index contributed by atoms with van der Waals surface area (Å²) >= 11 is 0. The minimum Gasteiger partial charge on any atom is -0.497 e. The SMILES string of the molecule is C=CC(=O)Oc1ccc(-c2ccc(-c3ccc(OC(C)=O)cc3)cc2)c(CC)c1.CCC(=O)Oc1ccc2cc(-c3ccc(OC)cc3)c(=O)oc2c1. The molecule has 0 aliphatic rings. The van der Waals surface area contributed by atoms with Crippen LogP contribution in [-0.2, 0) is 20.8 Å². The van der Waals surface area contributed by atoms with Crippen LogP contribution in [0.3, 0.4) is 0 Å². The highest BCUT2D eigenvalue weighted by Crippen LogP contribution is 2.31. The molecule has 9 nitrogen and oxygen atoms in total. The topological polar surface area (TPSA) is 118 Å². The largest absolute Gasteiger partial charge is 0.497 e. The Kier molecular flexibility index (Phi) is 12.4. The Hall–Kier alpha value is -6.74. The molecule has 0 aliphatic heterocycles. The summed E-state index contributed by atoms with van der Waals surface area (Å²) in [5.74, 6) is 0.971. The van der Waals surface area contributed by atoms with Gasteiger partial charge in [-0.1, -0.05) is 75.0 Å². The summed E-state index contributed by atoms with van der Waals surface area (Å²) in [5, 5.41) is 0.747. The first-order valence-electron chi connectivity index (χ1n) is 16.9. The summed E-state index contributed by atoms with van der Waals surface area (Å²) < 4.78 is 25.9. The molecule has 1 heterocycles. The first-order valence-corrected chi connectivity index (χ1v) is 16.9. The molecule has 0 aliphatic carbocycles. The minimum absolute atomic E-state index is 0.276. The van der Waals surface area contributed by atoms with E-state index in [0.717, 1.165) is 51.3 Å². The molecule has 0 atom stereocenters. The molecule has 0 amide bonds. The van der Waals surface area contributed by atoms with Gasteiger partial charge in [0.15, 0.2) is 0 Å². The number of hydrogen-bond acceptors (Lipinski definition) is 9. The van der Waals surface area contributed by atoms with Crippen LogP contribution in [0.1, 0.15) is 32.8 Å². The summed E-state index contributed by atoms with van der Waals surface area (Å²) in [6.07, 6.45) is 2.24. The van der Waals surface area contributed by atoms with Crippen LogP contribution in [0.5, 0.6) is 23.0 Å². The molecule has 1 aromatic heterocycles. The average molecular weight is 711 g/mol. The Morgan fingerprint density at radius 3 is 1.79 bits per heavy atom. The molecule has 0 radical (unpaired) electrons. The van der Waals surface area contributed by atoms with Crippen LogP contribution in [-0.4, -0.2) is 25.0 Å². The molecule has 9 heteroatoms. The Morgan fingerprint density at radius 1 is 0.642 bits per heavy atom. The van der Waals surface area contributed by atoms with Crippen molar-refractivity contribution in [3.63, 3.8) is 0 Å². The summed E-state index contributed by atoms with van der Waals surface area (Å²) in [5.41, 5.74) is 6.51. The lowest BCUT2D eigenvalue weighted by atomic mass is 9.95. The first-order chi connectivity index (χ1) is 25.6. The third kappa shape index (κ3) is 9.74.